The number of aromatic nitrogens is 2. The highest BCUT2D eigenvalue weighted by Crippen LogP contribution is 2.30. The van der Waals surface area contributed by atoms with E-state index in [0.29, 0.717) is 16.7 Å². The molecular weight excluding hydrogens is 234 g/mol. The third-order valence-electron chi connectivity index (χ3n) is 2.94. The first kappa shape index (κ1) is 10.8. The number of nitrogens with one attached hydrogen (secondary N) is 3. The third kappa shape index (κ3) is 1.92. The number of aromatic amines is 2. The quantitative estimate of drug-likeness (QED) is 0.675. The molecule has 1 aromatic carbocycles. The van der Waals surface area contributed by atoms with Gasteiger partial charge in [0.1, 0.15) is 0 Å². The molecule has 1 amide bonds. The number of benzene rings is 1. The predicted molar refractivity (Wildman–Crippen MR) is 66.5 cm³/mol. The van der Waals surface area contributed by atoms with Gasteiger partial charge in [-0.1, -0.05) is 0 Å². The molecule has 1 aromatic heterocycles. The molecule has 0 radical (unpaired) electrons. The molecule has 3 N–H and O–H groups in total. The van der Waals surface area contributed by atoms with Crippen molar-refractivity contribution >= 4 is 22.6 Å². The highest BCUT2D eigenvalue weighted by molar-refractivity contribution is 5.95. The lowest BCUT2D eigenvalue weighted by Gasteiger charge is -2.05. The van der Waals surface area contributed by atoms with E-state index in [4.69, 9.17) is 0 Å². The molecule has 3 rings (SSSR count). The monoisotopic (exact) mass is 245 g/mol. The van der Waals surface area contributed by atoms with Crippen molar-refractivity contribution in [2.45, 2.75) is 12.8 Å². The smallest absolute Gasteiger partial charge is 0.314 e. The molecule has 0 unspecified atom stereocenters. The van der Waals surface area contributed by atoms with Gasteiger partial charge in [-0.2, -0.15) is 0 Å². The Bertz CT molecular complexity index is 740. The fourth-order valence-corrected chi connectivity index (χ4v) is 1.78. The van der Waals surface area contributed by atoms with E-state index in [1.807, 2.05) is 0 Å². The summed E-state index contributed by atoms with van der Waals surface area (Å²) in [4.78, 5) is 38.8. The Kier molecular flexibility index (Phi) is 2.29. The minimum absolute atomic E-state index is 0.00104. The SMILES string of the molecule is O=C(Nc1ccc2[nH]c(=O)c(=O)[nH]c2c1)C1CC1. The lowest BCUT2D eigenvalue weighted by Crippen LogP contribution is -2.28. The van der Waals surface area contributed by atoms with Crippen LogP contribution >= 0.6 is 0 Å². The van der Waals surface area contributed by atoms with Crippen LogP contribution in [0.5, 0.6) is 0 Å². The number of carbonyl (C=O) groups is 1. The fraction of sp³-hybridized carbons (Fsp3) is 0.250. The summed E-state index contributed by atoms with van der Waals surface area (Å²) < 4.78 is 0. The van der Waals surface area contributed by atoms with Gasteiger partial charge in [0.2, 0.25) is 5.91 Å². The first-order valence-electron chi connectivity index (χ1n) is 5.71. The summed E-state index contributed by atoms with van der Waals surface area (Å²) in [5.41, 5.74) is 0.254. The summed E-state index contributed by atoms with van der Waals surface area (Å²) >= 11 is 0. The van der Waals surface area contributed by atoms with Crippen LogP contribution in [0.1, 0.15) is 12.8 Å². The van der Waals surface area contributed by atoms with Gasteiger partial charge >= 0.3 is 11.1 Å². The number of hydrogen-bond acceptors (Lipinski definition) is 3. The summed E-state index contributed by atoms with van der Waals surface area (Å²) in [5.74, 6) is 0.122. The van der Waals surface area contributed by atoms with Crippen LogP contribution in [0.15, 0.2) is 27.8 Å². The zero-order chi connectivity index (χ0) is 12.7. The van der Waals surface area contributed by atoms with E-state index in [9.17, 15) is 14.4 Å². The van der Waals surface area contributed by atoms with Gasteiger partial charge < -0.3 is 15.3 Å². The van der Waals surface area contributed by atoms with Gasteiger partial charge in [0.05, 0.1) is 11.0 Å². The van der Waals surface area contributed by atoms with Crippen LogP contribution < -0.4 is 16.4 Å². The highest BCUT2D eigenvalue weighted by Gasteiger charge is 2.29. The number of rotatable bonds is 2. The normalized spacial score (nSPS) is 14.7. The maximum absolute atomic E-state index is 11.6. The van der Waals surface area contributed by atoms with Crippen molar-refractivity contribution in [2.75, 3.05) is 5.32 Å². The molecule has 1 fully saturated rings. The van der Waals surface area contributed by atoms with E-state index in [2.05, 4.69) is 15.3 Å². The molecule has 1 aliphatic rings. The maximum Gasteiger partial charge on any atom is 0.314 e. The lowest BCUT2D eigenvalue weighted by molar-refractivity contribution is -0.117. The van der Waals surface area contributed by atoms with E-state index in [1.165, 1.54) is 0 Å². The summed E-state index contributed by atoms with van der Waals surface area (Å²) in [6, 6.07) is 4.97. The van der Waals surface area contributed by atoms with Gasteiger partial charge in [-0.15, -0.1) is 0 Å². The number of amides is 1. The molecule has 1 heterocycles. The second-order valence-corrected chi connectivity index (χ2v) is 4.43. The van der Waals surface area contributed by atoms with Gasteiger partial charge in [0.15, 0.2) is 0 Å². The summed E-state index contributed by atoms with van der Waals surface area (Å²) in [6.07, 6.45) is 1.87. The van der Waals surface area contributed by atoms with Crippen molar-refractivity contribution < 1.29 is 4.79 Å². The van der Waals surface area contributed by atoms with E-state index in [1.54, 1.807) is 18.2 Å². The average molecular weight is 245 g/mol. The topological polar surface area (TPSA) is 94.8 Å². The number of carbonyl (C=O) groups excluding carboxylic acids is 1. The molecule has 1 aliphatic carbocycles. The molecular formula is C12H11N3O3. The number of anilines is 1. The molecule has 1 saturated carbocycles. The van der Waals surface area contributed by atoms with Gasteiger partial charge in [0.25, 0.3) is 0 Å². The molecule has 0 saturated heterocycles. The maximum atomic E-state index is 11.6. The van der Waals surface area contributed by atoms with Crippen LogP contribution in [0, 0.1) is 5.92 Å². The van der Waals surface area contributed by atoms with Crippen LogP contribution in [0.3, 0.4) is 0 Å². The first-order valence-corrected chi connectivity index (χ1v) is 5.71. The van der Waals surface area contributed by atoms with Crippen LogP contribution in [-0.2, 0) is 4.79 Å². The third-order valence-corrected chi connectivity index (χ3v) is 2.94. The molecule has 6 nitrogen and oxygen atoms in total. The molecule has 6 heteroatoms. The Morgan fingerprint density at radius 3 is 2.44 bits per heavy atom. The lowest BCUT2D eigenvalue weighted by atomic mass is 10.2. The zero-order valence-electron chi connectivity index (χ0n) is 9.45. The van der Waals surface area contributed by atoms with Crippen molar-refractivity contribution in [1.82, 2.24) is 9.97 Å². The molecule has 18 heavy (non-hydrogen) atoms. The Morgan fingerprint density at radius 1 is 1.11 bits per heavy atom. The van der Waals surface area contributed by atoms with Crippen molar-refractivity contribution in [1.29, 1.82) is 0 Å². The fourth-order valence-electron chi connectivity index (χ4n) is 1.78. The van der Waals surface area contributed by atoms with E-state index >= 15 is 0 Å². The Morgan fingerprint density at radius 2 is 1.78 bits per heavy atom. The Balaban J connectivity index is 1.99. The molecule has 0 spiro atoms. The Labute approximate surface area is 101 Å². The van der Waals surface area contributed by atoms with Gasteiger partial charge in [-0.3, -0.25) is 14.4 Å². The highest BCUT2D eigenvalue weighted by atomic mass is 16.2. The second-order valence-electron chi connectivity index (χ2n) is 4.43. The minimum Gasteiger partial charge on any atom is -0.326 e. The second kappa shape index (κ2) is 3.83. The van der Waals surface area contributed by atoms with Gasteiger partial charge in [0, 0.05) is 11.6 Å². The van der Waals surface area contributed by atoms with Crippen molar-refractivity contribution in [3.05, 3.63) is 38.9 Å². The first-order chi connectivity index (χ1) is 8.63. The van der Waals surface area contributed by atoms with E-state index in [-0.39, 0.29) is 11.8 Å². The van der Waals surface area contributed by atoms with Crippen LogP contribution in [0.25, 0.3) is 11.0 Å². The molecule has 0 bridgehead atoms. The largest absolute Gasteiger partial charge is 0.326 e. The van der Waals surface area contributed by atoms with Crippen molar-refractivity contribution in [2.24, 2.45) is 5.92 Å². The van der Waals surface area contributed by atoms with E-state index < -0.39 is 11.1 Å². The predicted octanol–water partition coefficient (Wildman–Crippen LogP) is 0.565. The number of H-pyrrole nitrogens is 2. The molecule has 0 atom stereocenters. The standard InChI is InChI=1S/C12H11N3O3/c16-10(6-1-2-6)13-7-3-4-8-9(5-7)15-12(18)11(17)14-8/h3-6H,1-2H2,(H,13,16)(H,14,17)(H,15,18). The average Bonchev–Trinajstić information content (AvgIpc) is 3.15. The number of hydrogen-bond donors (Lipinski definition) is 3. The Hall–Kier alpha value is -2.37. The van der Waals surface area contributed by atoms with Crippen LogP contribution in [-0.4, -0.2) is 15.9 Å². The molecule has 92 valence electrons. The van der Waals surface area contributed by atoms with Crippen LogP contribution in [0.2, 0.25) is 0 Å². The molecule has 0 aliphatic heterocycles. The zero-order valence-corrected chi connectivity index (χ0v) is 9.45. The van der Waals surface area contributed by atoms with Crippen molar-refractivity contribution in [3.8, 4) is 0 Å². The number of fused-ring (bicyclic) bond motifs is 1. The minimum atomic E-state index is -0.701. The summed E-state index contributed by atoms with van der Waals surface area (Å²) in [5, 5.41) is 2.78. The summed E-state index contributed by atoms with van der Waals surface area (Å²) in [6.45, 7) is 0. The summed E-state index contributed by atoms with van der Waals surface area (Å²) in [7, 11) is 0. The molecule has 2 aromatic rings. The van der Waals surface area contributed by atoms with E-state index in [0.717, 1.165) is 12.8 Å². The van der Waals surface area contributed by atoms with Gasteiger partial charge in [-0.05, 0) is 31.0 Å². The van der Waals surface area contributed by atoms with Gasteiger partial charge in [-0.25, -0.2) is 0 Å². The van der Waals surface area contributed by atoms with Crippen molar-refractivity contribution in [3.63, 3.8) is 0 Å². The van der Waals surface area contributed by atoms with Crippen LogP contribution in [0.4, 0.5) is 5.69 Å².